The summed E-state index contributed by atoms with van der Waals surface area (Å²) < 4.78 is 25.9. The number of hydrogen-bond donors (Lipinski definition) is 0. The molecule has 0 amide bonds. The quantitative estimate of drug-likeness (QED) is 0.799. The lowest BCUT2D eigenvalue weighted by Gasteiger charge is -2.27. The van der Waals surface area contributed by atoms with Crippen LogP contribution in [0.5, 0.6) is 0 Å². The topological polar surface area (TPSA) is 17.1 Å². The summed E-state index contributed by atoms with van der Waals surface area (Å²) in [6.45, 7) is 3.45. The molecule has 1 nitrogen and oxygen atoms in total. The summed E-state index contributed by atoms with van der Waals surface area (Å²) in [5.74, 6) is -0.514. The van der Waals surface area contributed by atoms with Crippen molar-refractivity contribution in [2.75, 3.05) is 0 Å². The first-order valence-corrected chi connectivity index (χ1v) is 6.89. The predicted molar refractivity (Wildman–Crippen MR) is 79.0 cm³/mol. The van der Waals surface area contributed by atoms with Gasteiger partial charge in [0.2, 0.25) is 0 Å². The number of Topliss-reactive ketones (excluding diaryl/α,β-unsaturated/α-hetero) is 1. The van der Waals surface area contributed by atoms with Crippen LogP contribution in [0.25, 0.3) is 0 Å². The van der Waals surface area contributed by atoms with Crippen LogP contribution < -0.4 is 0 Å². The van der Waals surface area contributed by atoms with Gasteiger partial charge in [-0.2, -0.15) is 0 Å². The molecule has 0 spiro atoms. The van der Waals surface area contributed by atoms with Gasteiger partial charge in [0, 0.05) is 5.41 Å². The second-order valence-electron chi connectivity index (χ2n) is 5.72. The minimum absolute atomic E-state index is 0.0659. The standard InChI is InChI=1S/C18H18F2O/c1-13(21)18(2,11-14-3-7-16(19)8-4-14)12-15-5-9-17(20)10-6-15/h3-10H,11-12H2,1-2H3. The zero-order valence-electron chi connectivity index (χ0n) is 12.2. The van der Waals surface area contributed by atoms with Crippen molar-refractivity contribution >= 4 is 5.78 Å². The highest BCUT2D eigenvalue weighted by atomic mass is 19.1. The third-order valence-corrected chi connectivity index (χ3v) is 3.87. The Morgan fingerprint density at radius 2 is 1.19 bits per heavy atom. The number of rotatable bonds is 5. The zero-order chi connectivity index (χ0) is 15.5. The first-order chi connectivity index (χ1) is 9.89. The van der Waals surface area contributed by atoms with Gasteiger partial charge in [-0.3, -0.25) is 4.79 Å². The van der Waals surface area contributed by atoms with Crippen molar-refractivity contribution in [2.45, 2.75) is 26.7 Å². The summed E-state index contributed by atoms with van der Waals surface area (Å²) in [6, 6.07) is 12.4. The van der Waals surface area contributed by atoms with Gasteiger partial charge in [0.1, 0.15) is 17.4 Å². The Morgan fingerprint density at radius 3 is 1.48 bits per heavy atom. The van der Waals surface area contributed by atoms with E-state index >= 15 is 0 Å². The SMILES string of the molecule is CC(=O)C(C)(Cc1ccc(F)cc1)Cc1ccc(F)cc1. The first-order valence-electron chi connectivity index (χ1n) is 6.89. The Balaban J connectivity index is 2.21. The molecule has 0 aliphatic rings. The van der Waals surface area contributed by atoms with Crippen molar-refractivity contribution in [1.82, 2.24) is 0 Å². The van der Waals surface area contributed by atoms with E-state index in [9.17, 15) is 13.6 Å². The van der Waals surface area contributed by atoms with Crippen LogP contribution in [-0.2, 0) is 17.6 Å². The molecule has 2 rings (SSSR count). The van der Waals surface area contributed by atoms with Crippen molar-refractivity contribution in [3.8, 4) is 0 Å². The highest BCUT2D eigenvalue weighted by molar-refractivity contribution is 5.82. The lowest BCUT2D eigenvalue weighted by atomic mass is 9.75. The molecular weight excluding hydrogens is 270 g/mol. The van der Waals surface area contributed by atoms with Crippen LogP contribution in [0, 0.1) is 17.0 Å². The smallest absolute Gasteiger partial charge is 0.136 e. The van der Waals surface area contributed by atoms with Crippen molar-refractivity contribution in [3.05, 3.63) is 71.3 Å². The van der Waals surface area contributed by atoms with Gasteiger partial charge in [0.25, 0.3) is 0 Å². The monoisotopic (exact) mass is 288 g/mol. The lowest BCUT2D eigenvalue weighted by Crippen LogP contribution is -2.30. The van der Waals surface area contributed by atoms with Crippen LogP contribution in [0.15, 0.2) is 48.5 Å². The molecule has 0 radical (unpaired) electrons. The summed E-state index contributed by atoms with van der Waals surface area (Å²) in [7, 11) is 0. The number of halogens is 2. The molecule has 2 aromatic rings. The Morgan fingerprint density at radius 1 is 0.857 bits per heavy atom. The van der Waals surface area contributed by atoms with Crippen LogP contribution in [0.4, 0.5) is 8.78 Å². The molecule has 0 saturated heterocycles. The van der Waals surface area contributed by atoms with E-state index in [4.69, 9.17) is 0 Å². The van der Waals surface area contributed by atoms with E-state index in [1.54, 1.807) is 31.2 Å². The average Bonchev–Trinajstić information content (AvgIpc) is 2.44. The van der Waals surface area contributed by atoms with Gasteiger partial charge >= 0.3 is 0 Å². The van der Waals surface area contributed by atoms with Crippen molar-refractivity contribution in [3.63, 3.8) is 0 Å². The summed E-state index contributed by atoms with van der Waals surface area (Å²) >= 11 is 0. The summed E-state index contributed by atoms with van der Waals surface area (Å²) in [5, 5.41) is 0. The fourth-order valence-corrected chi connectivity index (χ4v) is 2.42. The number of hydrogen-bond acceptors (Lipinski definition) is 1. The van der Waals surface area contributed by atoms with E-state index < -0.39 is 5.41 Å². The normalized spacial score (nSPS) is 11.4. The minimum Gasteiger partial charge on any atom is -0.299 e. The van der Waals surface area contributed by atoms with E-state index in [0.29, 0.717) is 12.8 Å². The van der Waals surface area contributed by atoms with Crippen LogP contribution in [-0.4, -0.2) is 5.78 Å². The average molecular weight is 288 g/mol. The third-order valence-electron chi connectivity index (χ3n) is 3.87. The predicted octanol–water partition coefficient (Wildman–Crippen LogP) is 4.35. The molecule has 0 saturated carbocycles. The Kier molecular flexibility index (Phi) is 4.51. The maximum Gasteiger partial charge on any atom is 0.136 e. The second-order valence-corrected chi connectivity index (χ2v) is 5.72. The van der Waals surface area contributed by atoms with Crippen LogP contribution >= 0.6 is 0 Å². The third kappa shape index (κ3) is 3.97. The minimum atomic E-state index is -0.588. The van der Waals surface area contributed by atoms with Gasteiger partial charge in [-0.25, -0.2) is 8.78 Å². The highest BCUT2D eigenvalue weighted by Gasteiger charge is 2.30. The van der Waals surface area contributed by atoms with Gasteiger partial charge in [-0.1, -0.05) is 31.2 Å². The number of carbonyl (C=O) groups is 1. The molecule has 0 aliphatic carbocycles. The Hall–Kier alpha value is -2.03. The molecule has 0 fully saturated rings. The first kappa shape index (κ1) is 15.4. The van der Waals surface area contributed by atoms with Gasteiger partial charge in [-0.15, -0.1) is 0 Å². The van der Waals surface area contributed by atoms with Crippen LogP contribution in [0.1, 0.15) is 25.0 Å². The number of ketones is 1. The molecule has 0 N–H and O–H groups in total. The van der Waals surface area contributed by atoms with E-state index in [1.807, 2.05) is 6.92 Å². The van der Waals surface area contributed by atoms with Gasteiger partial charge in [-0.05, 0) is 55.2 Å². The maximum atomic E-state index is 13.0. The van der Waals surface area contributed by atoms with Gasteiger partial charge < -0.3 is 0 Å². The van der Waals surface area contributed by atoms with Crippen molar-refractivity contribution in [1.29, 1.82) is 0 Å². The number of benzene rings is 2. The van der Waals surface area contributed by atoms with E-state index in [2.05, 4.69) is 0 Å². The molecular formula is C18H18F2O. The van der Waals surface area contributed by atoms with E-state index in [1.165, 1.54) is 24.3 Å². The van der Waals surface area contributed by atoms with Gasteiger partial charge in [0.15, 0.2) is 0 Å². The van der Waals surface area contributed by atoms with Crippen molar-refractivity contribution in [2.24, 2.45) is 5.41 Å². The van der Waals surface area contributed by atoms with Crippen LogP contribution in [0.2, 0.25) is 0 Å². The molecule has 2 aromatic carbocycles. The Bertz CT molecular complexity index is 567. The molecule has 0 bridgehead atoms. The number of carbonyl (C=O) groups excluding carboxylic acids is 1. The second kappa shape index (κ2) is 6.17. The van der Waals surface area contributed by atoms with E-state index in [0.717, 1.165) is 11.1 Å². The molecule has 0 aliphatic heterocycles. The van der Waals surface area contributed by atoms with Gasteiger partial charge in [0.05, 0.1) is 0 Å². The molecule has 0 aromatic heterocycles. The molecule has 3 heteroatoms. The zero-order valence-corrected chi connectivity index (χ0v) is 12.2. The maximum absolute atomic E-state index is 13.0. The molecule has 0 atom stereocenters. The lowest BCUT2D eigenvalue weighted by molar-refractivity contribution is -0.125. The molecule has 21 heavy (non-hydrogen) atoms. The summed E-state index contributed by atoms with van der Waals surface area (Å²) in [4.78, 5) is 12.1. The fourth-order valence-electron chi connectivity index (χ4n) is 2.42. The highest BCUT2D eigenvalue weighted by Crippen LogP contribution is 2.29. The summed E-state index contributed by atoms with van der Waals surface area (Å²) in [6.07, 6.45) is 1.06. The molecule has 0 heterocycles. The molecule has 110 valence electrons. The molecule has 0 unspecified atom stereocenters. The Labute approximate surface area is 123 Å². The largest absolute Gasteiger partial charge is 0.299 e. The fraction of sp³-hybridized carbons (Fsp3) is 0.278. The van der Waals surface area contributed by atoms with Crippen molar-refractivity contribution < 1.29 is 13.6 Å². The van der Waals surface area contributed by atoms with E-state index in [-0.39, 0.29) is 17.4 Å². The summed E-state index contributed by atoms with van der Waals surface area (Å²) in [5.41, 5.74) is 1.24. The van der Waals surface area contributed by atoms with Crippen LogP contribution in [0.3, 0.4) is 0 Å².